The molecule has 2 amide bonds. The maximum atomic E-state index is 12.9. The minimum absolute atomic E-state index is 0.0453. The van der Waals surface area contributed by atoms with Gasteiger partial charge in [0.05, 0.1) is 13.2 Å². The van der Waals surface area contributed by atoms with Crippen molar-refractivity contribution in [1.82, 2.24) is 20.1 Å². The van der Waals surface area contributed by atoms with Gasteiger partial charge in [0.2, 0.25) is 5.91 Å². The van der Waals surface area contributed by atoms with E-state index in [0.29, 0.717) is 25.2 Å². The molecular weight excluding hydrogens is 392 g/mol. The van der Waals surface area contributed by atoms with Crippen LogP contribution in [0.15, 0.2) is 48.8 Å². The maximum Gasteiger partial charge on any atom is 0.251 e. The van der Waals surface area contributed by atoms with Crippen molar-refractivity contribution < 1.29 is 14.3 Å². The fourth-order valence-electron chi connectivity index (χ4n) is 3.67. The van der Waals surface area contributed by atoms with Crippen LogP contribution in [-0.4, -0.2) is 72.5 Å². The first-order chi connectivity index (χ1) is 15.1. The Morgan fingerprint density at radius 2 is 1.87 bits per heavy atom. The molecule has 0 aliphatic carbocycles. The summed E-state index contributed by atoms with van der Waals surface area (Å²) in [5.74, 6) is -0.0947. The molecule has 0 radical (unpaired) electrons. The lowest BCUT2D eigenvalue weighted by atomic mass is 10.1. The summed E-state index contributed by atoms with van der Waals surface area (Å²) in [6.07, 6.45) is 4.68. The molecule has 0 atom stereocenters. The van der Waals surface area contributed by atoms with E-state index in [4.69, 9.17) is 4.74 Å². The van der Waals surface area contributed by atoms with Gasteiger partial charge in [-0.25, -0.2) is 0 Å². The average Bonchev–Trinajstić information content (AvgIpc) is 2.80. The van der Waals surface area contributed by atoms with Crippen LogP contribution < -0.4 is 5.32 Å². The SMILES string of the molecule is Cc1ccccc1C(=O)NCCC(=O)N(CCCN1CCOCC1)Cc1ccncc1. The van der Waals surface area contributed by atoms with E-state index < -0.39 is 0 Å². The Balaban J connectivity index is 1.50. The molecule has 1 fully saturated rings. The highest BCUT2D eigenvalue weighted by atomic mass is 16.5. The zero-order valence-corrected chi connectivity index (χ0v) is 18.3. The van der Waals surface area contributed by atoms with Crippen molar-refractivity contribution in [2.24, 2.45) is 0 Å². The number of aromatic nitrogens is 1. The van der Waals surface area contributed by atoms with E-state index in [9.17, 15) is 9.59 Å². The Labute approximate surface area is 184 Å². The molecule has 7 heteroatoms. The smallest absolute Gasteiger partial charge is 0.251 e. The zero-order chi connectivity index (χ0) is 21.9. The van der Waals surface area contributed by atoms with Crippen molar-refractivity contribution in [1.29, 1.82) is 0 Å². The van der Waals surface area contributed by atoms with Crippen LogP contribution >= 0.6 is 0 Å². The number of carbonyl (C=O) groups is 2. The fraction of sp³-hybridized carbons (Fsp3) is 0.458. The second-order valence-corrected chi connectivity index (χ2v) is 7.80. The van der Waals surface area contributed by atoms with Crippen molar-refractivity contribution in [3.05, 3.63) is 65.5 Å². The molecule has 1 aliphatic rings. The summed E-state index contributed by atoms with van der Waals surface area (Å²) in [5.41, 5.74) is 2.63. The normalized spacial score (nSPS) is 14.2. The first-order valence-corrected chi connectivity index (χ1v) is 10.9. The lowest BCUT2D eigenvalue weighted by molar-refractivity contribution is -0.131. The van der Waals surface area contributed by atoms with Crippen molar-refractivity contribution >= 4 is 11.8 Å². The highest BCUT2D eigenvalue weighted by molar-refractivity contribution is 5.95. The molecule has 1 aromatic heterocycles. The van der Waals surface area contributed by atoms with Crippen LogP contribution in [0.4, 0.5) is 0 Å². The van der Waals surface area contributed by atoms with Crippen LogP contribution in [0.2, 0.25) is 0 Å². The number of pyridine rings is 1. The third-order valence-corrected chi connectivity index (χ3v) is 5.50. The Kier molecular flexibility index (Phi) is 8.99. The average molecular weight is 425 g/mol. The zero-order valence-electron chi connectivity index (χ0n) is 18.3. The molecule has 0 bridgehead atoms. The predicted octanol–water partition coefficient (Wildman–Crippen LogP) is 2.26. The van der Waals surface area contributed by atoms with E-state index in [1.54, 1.807) is 18.5 Å². The molecule has 1 saturated heterocycles. The summed E-state index contributed by atoms with van der Waals surface area (Å²) in [6.45, 7) is 7.87. The highest BCUT2D eigenvalue weighted by Gasteiger charge is 2.16. The molecule has 0 saturated carbocycles. The lowest BCUT2D eigenvalue weighted by Gasteiger charge is -2.28. The summed E-state index contributed by atoms with van der Waals surface area (Å²) in [4.78, 5) is 33.7. The molecular formula is C24H32N4O3. The molecule has 3 rings (SSSR count). The Morgan fingerprint density at radius 3 is 2.61 bits per heavy atom. The van der Waals surface area contributed by atoms with Gasteiger partial charge in [0, 0.05) is 63.6 Å². The number of nitrogens with zero attached hydrogens (tertiary/aromatic N) is 3. The van der Waals surface area contributed by atoms with E-state index in [1.807, 2.05) is 42.2 Å². The number of amides is 2. The fourth-order valence-corrected chi connectivity index (χ4v) is 3.67. The Hall–Kier alpha value is -2.77. The van der Waals surface area contributed by atoms with Gasteiger partial charge in [0.25, 0.3) is 5.91 Å². The third-order valence-electron chi connectivity index (χ3n) is 5.50. The molecule has 1 aliphatic heterocycles. The molecule has 7 nitrogen and oxygen atoms in total. The first-order valence-electron chi connectivity index (χ1n) is 10.9. The number of benzene rings is 1. The largest absolute Gasteiger partial charge is 0.379 e. The van der Waals surface area contributed by atoms with Gasteiger partial charge in [0.15, 0.2) is 0 Å². The molecule has 1 aromatic carbocycles. The van der Waals surface area contributed by atoms with Gasteiger partial charge in [-0.05, 0) is 42.7 Å². The van der Waals surface area contributed by atoms with Gasteiger partial charge in [-0.1, -0.05) is 18.2 Å². The van der Waals surface area contributed by atoms with Crippen LogP contribution in [0, 0.1) is 6.92 Å². The predicted molar refractivity (Wildman–Crippen MR) is 120 cm³/mol. The summed E-state index contributed by atoms with van der Waals surface area (Å²) in [7, 11) is 0. The quantitative estimate of drug-likeness (QED) is 0.633. The van der Waals surface area contributed by atoms with Crippen molar-refractivity contribution in [3.63, 3.8) is 0 Å². The number of carbonyl (C=O) groups excluding carboxylic acids is 2. The van der Waals surface area contributed by atoms with Crippen molar-refractivity contribution in [2.45, 2.75) is 26.3 Å². The second kappa shape index (κ2) is 12.2. The molecule has 0 unspecified atom stereocenters. The van der Waals surface area contributed by atoms with Crippen LogP contribution in [0.5, 0.6) is 0 Å². The van der Waals surface area contributed by atoms with Crippen molar-refractivity contribution in [3.8, 4) is 0 Å². The standard InChI is InChI=1S/C24H32N4O3/c1-20-5-2-3-6-22(20)24(30)26-12-9-23(29)28(19-21-7-10-25-11-8-21)14-4-13-27-15-17-31-18-16-27/h2-3,5-8,10-11H,4,9,12-19H2,1H3,(H,26,30). The number of ether oxygens (including phenoxy) is 1. The van der Waals surface area contributed by atoms with E-state index >= 15 is 0 Å². The Bertz CT molecular complexity index is 838. The van der Waals surface area contributed by atoms with Gasteiger partial charge in [0.1, 0.15) is 0 Å². The maximum absolute atomic E-state index is 12.9. The minimum Gasteiger partial charge on any atom is -0.379 e. The third kappa shape index (κ3) is 7.45. The summed E-state index contributed by atoms with van der Waals surface area (Å²) in [6, 6.07) is 11.3. The van der Waals surface area contributed by atoms with Gasteiger partial charge in [-0.2, -0.15) is 0 Å². The van der Waals surface area contributed by atoms with Gasteiger partial charge < -0.3 is 15.0 Å². The number of aryl methyl sites for hydroxylation is 1. The number of hydrogen-bond acceptors (Lipinski definition) is 5. The number of rotatable bonds is 10. The number of nitrogens with one attached hydrogen (secondary N) is 1. The van der Waals surface area contributed by atoms with E-state index in [0.717, 1.165) is 50.4 Å². The summed E-state index contributed by atoms with van der Waals surface area (Å²) in [5, 5.41) is 2.88. The van der Waals surface area contributed by atoms with Crippen molar-refractivity contribution in [2.75, 3.05) is 45.9 Å². The summed E-state index contributed by atoms with van der Waals surface area (Å²) < 4.78 is 5.40. The van der Waals surface area contributed by atoms with Crippen LogP contribution in [0.3, 0.4) is 0 Å². The first kappa shape index (κ1) is 22.9. The second-order valence-electron chi connectivity index (χ2n) is 7.80. The topological polar surface area (TPSA) is 74.8 Å². The van der Waals surface area contributed by atoms with Gasteiger partial charge >= 0.3 is 0 Å². The molecule has 31 heavy (non-hydrogen) atoms. The Morgan fingerprint density at radius 1 is 1.13 bits per heavy atom. The van der Waals surface area contributed by atoms with Crippen LogP contribution in [0.1, 0.15) is 34.3 Å². The highest BCUT2D eigenvalue weighted by Crippen LogP contribution is 2.09. The summed E-state index contributed by atoms with van der Waals surface area (Å²) >= 11 is 0. The van der Waals surface area contributed by atoms with E-state index in [1.165, 1.54) is 0 Å². The minimum atomic E-state index is -0.140. The number of hydrogen-bond donors (Lipinski definition) is 1. The number of morpholine rings is 1. The van der Waals surface area contributed by atoms with Gasteiger partial charge in [-0.15, -0.1) is 0 Å². The van der Waals surface area contributed by atoms with E-state index in [2.05, 4.69) is 15.2 Å². The molecule has 2 heterocycles. The van der Waals surface area contributed by atoms with Crippen LogP contribution in [0.25, 0.3) is 0 Å². The molecule has 2 aromatic rings. The lowest BCUT2D eigenvalue weighted by Crippen LogP contribution is -2.39. The van der Waals surface area contributed by atoms with Crippen LogP contribution in [-0.2, 0) is 16.1 Å². The molecule has 1 N–H and O–H groups in total. The molecule has 0 spiro atoms. The monoisotopic (exact) mass is 424 g/mol. The molecule has 166 valence electrons. The van der Waals surface area contributed by atoms with Gasteiger partial charge in [-0.3, -0.25) is 19.5 Å². The van der Waals surface area contributed by atoms with E-state index in [-0.39, 0.29) is 18.2 Å².